The molecule has 2 amide bonds. The Labute approximate surface area is 97.5 Å². The predicted octanol–water partition coefficient (Wildman–Crippen LogP) is 1.23. The van der Waals surface area contributed by atoms with E-state index in [1.54, 1.807) is 19.1 Å². The predicted molar refractivity (Wildman–Crippen MR) is 59.2 cm³/mol. The highest BCUT2D eigenvalue weighted by atomic mass is 16.5. The van der Waals surface area contributed by atoms with Gasteiger partial charge in [-0.25, -0.2) is 9.59 Å². The van der Waals surface area contributed by atoms with Crippen molar-refractivity contribution in [3.05, 3.63) is 41.1 Å². The highest BCUT2D eigenvalue weighted by Gasteiger charge is 2.37. The minimum absolute atomic E-state index is 0.305. The number of ether oxygens (including phenoxy) is 1. The number of para-hydroxylation sites is 1. The molecule has 2 N–H and O–H groups in total. The molecule has 1 unspecified atom stereocenters. The van der Waals surface area contributed by atoms with Gasteiger partial charge >= 0.3 is 12.0 Å². The third-order valence-corrected chi connectivity index (χ3v) is 2.92. The Balaban J connectivity index is 2.20. The second-order valence-corrected chi connectivity index (χ2v) is 4.00. The van der Waals surface area contributed by atoms with E-state index in [9.17, 15) is 9.59 Å². The van der Waals surface area contributed by atoms with E-state index in [2.05, 4.69) is 10.6 Å². The first-order valence-electron chi connectivity index (χ1n) is 5.26. The highest BCUT2D eigenvalue weighted by molar-refractivity contribution is 5.98. The molecule has 2 heterocycles. The second kappa shape index (κ2) is 3.35. The molecule has 0 aliphatic carbocycles. The summed E-state index contributed by atoms with van der Waals surface area (Å²) in [7, 11) is 0. The first-order valence-corrected chi connectivity index (χ1v) is 5.26. The Kier molecular flexibility index (Phi) is 1.95. The molecule has 0 saturated heterocycles. The van der Waals surface area contributed by atoms with Crippen LogP contribution in [0, 0.1) is 0 Å². The van der Waals surface area contributed by atoms with E-state index in [1.165, 1.54) is 0 Å². The van der Waals surface area contributed by atoms with Crippen molar-refractivity contribution in [2.45, 2.75) is 13.0 Å². The maximum Gasteiger partial charge on any atom is 0.343 e. The molecule has 2 aliphatic rings. The molecule has 86 valence electrons. The average molecular weight is 230 g/mol. The highest BCUT2D eigenvalue weighted by Crippen LogP contribution is 2.37. The van der Waals surface area contributed by atoms with Gasteiger partial charge in [0.25, 0.3) is 0 Å². The summed E-state index contributed by atoms with van der Waals surface area (Å²) < 4.78 is 5.22. The first-order chi connectivity index (χ1) is 8.16. The largest absolute Gasteiger partial charge is 0.423 e. The van der Waals surface area contributed by atoms with E-state index in [1.807, 2.05) is 12.1 Å². The summed E-state index contributed by atoms with van der Waals surface area (Å²) in [5.74, 6) is 0.0833. The fourth-order valence-electron chi connectivity index (χ4n) is 2.16. The SMILES string of the molecule is CC1=C2C(=O)Oc3ccccc3C2NC(=O)N1. The van der Waals surface area contributed by atoms with Gasteiger partial charge in [-0.05, 0) is 13.0 Å². The van der Waals surface area contributed by atoms with Crippen molar-refractivity contribution >= 4 is 12.0 Å². The number of amides is 2. The monoisotopic (exact) mass is 230 g/mol. The molecular formula is C12H10N2O3. The van der Waals surface area contributed by atoms with Crippen LogP contribution in [0.25, 0.3) is 0 Å². The molecule has 5 nitrogen and oxygen atoms in total. The minimum atomic E-state index is -0.418. The summed E-state index contributed by atoms with van der Waals surface area (Å²) in [5.41, 5.74) is 1.80. The fourth-order valence-corrected chi connectivity index (χ4v) is 2.16. The van der Waals surface area contributed by atoms with Gasteiger partial charge in [-0.3, -0.25) is 0 Å². The van der Waals surface area contributed by atoms with Crippen molar-refractivity contribution in [3.8, 4) is 5.75 Å². The number of fused-ring (bicyclic) bond motifs is 3. The summed E-state index contributed by atoms with van der Waals surface area (Å²) in [6.07, 6.45) is 0. The lowest BCUT2D eigenvalue weighted by Crippen LogP contribution is -2.47. The van der Waals surface area contributed by atoms with Crippen molar-refractivity contribution in [2.24, 2.45) is 0 Å². The maximum absolute atomic E-state index is 11.8. The van der Waals surface area contributed by atoms with Crippen LogP contribution in [0.2, 0.25) is 0 Å². The Hall–Kier alpha value is -2.30. The topological polar surface area (TPSA) is 67.4 Å². The number of benzene rings is 1. The summed E-state index contributed by atoms with van der Waals surface area (Å²) in [6.45, 7) is 1.69. The van der Waals surface area contributed by atoms with Gasteiger partial charge in [0, 0.05) is 11.3 Å². The molecule has 0 aromatic heterocycles. The lowest BCUT2D eigenvalue weighted by atomic mass is 9.93. The number of allylic oxidation sites excluding steroid dienone is 1. The van der Waals surface area contributed by atoms with Gasteiger partial charge in [-0.1, -0.05) is 18.2 Å². The molecule has 1 atom stereocenters. The number of carbonyl (C=O) groups is 2. The van der Waals surface area contributed by atoms with Gasteiger partial charge in [-0.2, -0.15) is 0 Å². The second-order valence-electron chi connectivity index (χ2n) is 4.00. The van der Waals surface area contributed by atoms with Crippen LogP contribution < -0.4 is 15.4 Å². The molecular weight excluding hydrogens is 220 g/mol. The molecule has 0 bridgehead atoms. The number of hydrogen-bond donors (Lipinski definition) is 2. The van der Waals surface area contributed by atoms with E-state index < -0.39 is 12.0 Å². The first kappa shape index (κ1) is 9.89. The van der Waals surface area contributed by atoms with Gasteiger partial charge in [0.1, 0.15) is 5.75 Å². The van der Waals surface area contributed by atoms with Crippen LogP contribution in [0.15, 0.2) is 35.5 Å². The molecule has 1 aromatic carbocycles. The van der Waals surface area contributed by atoms with Crippen molar-refractivity contribution in [1.82, 2.24) is 10.6 Å². The Bertz CT molecular complexity index is 563. The smallest absolute Gasteiger partial charge is 0.343 e. The van der Waals surface area contributed by atoms with Gasteiger partial charge < -0.3 is 15.4 Å². The standard InChI is InChI=1S/C12H10N2O3/c1-6-9-10(14-12(16)13-6)7-4-2-3-5-8(7)17-11(9)15/h2-5,10H,1H3,(H2,13,14,16). The number of hydrogen-bond acceptors (Lipinski definition) is 3. The van der Waals surface area contributed by atoms with E-state index in [0.717, 1.165) is 5.56 Å². The lowest BCUT2D eigenvalue weighted by Gasteiger charge is -2.32. The zero-order valence-electron chi connectivity index (χ0n) is 9.11. The van der Waals surface area contributed by atoms with Crippen molar-refractivity contribution in [2.75, 3.05) is 0 Å². The van der Waals surface area contributed by atoms with E-state index in [0.29, 0.717) is 17.0 Å². The molecule has 5 heteroatoms. The van der Waals surface area contributed by atoms with Crippen LogP contribution in [0.5, 0.6) is 5.75 Å². The zero-order chi connectivity index (χ0) is 12.0. The Morgan fingerprint density at radius 2 is 2.00 bits per heavy atom. The van der Waals surface area contributed by atoms with Gasteiger partial charge in [0.05, 0.1) is 11.6 Å². The third kappa shape index (κ3) is 1.39. The van der Waals surface area contributed by atoms with Gasteiger partial charge in [0.2, 0.25) is 0 Å². The van der Waals surface area contributed by atoms with Crippen LogP contribution in [0.3, 0.4) is 0 Å². The van der Waals surface area contributed by atoms with Crippen LogP contribution in [0.1, 0.15) is 18.5 Å². The van der Waals surface area contributed by atoms with E-state index >= 15 is 0 Å². The normalized spacial score (nSPS) is 22.1. The minimum Gasteiger partial charge on any atom is -0.423 e. The van der Waals surface area contributed by atoms with E-state index in [4.69, 9.17) is 4.74 Å². The molecule has 0 fully saturated rings. The number of rotatable bonds is 0. The third-order valence-electron chi connectivity index (χ3n) is 2.92. The molecule has 17 heavy (non-hydrogen) atoms. The van der Waals surface area contributed by atoms with Crippen LogP contribution in [-0.2, 0) is 4.79 Å². The zero-order valence-corrected chi connectivity index (χ0v) is 9.11. The average Bonchev–Trinajstić information content (AvgIpc) is 2.28. The maximum atomic E-state index is 11.8. The van der Waals surface area contributed by atoms with Crippen LogP contribution >= 0.6 is 0 Å². The molecule has 0 radical (unpaired) electrons. The Morgan fingerprint density at radius 3 is 2.82 bits per heavy atom. The van der Waals surface area contributed by atoms with Crippen molar-refractivity contribution < 1.29 is 14.3 Å². The molecule has 0 saturated carbocycles. The summed E-state index contributed by atoms with van der Waals surface area (Å²) in [5, 5.41) is 5.29. The molecule has 2 aliphatic heterocycles. The summed E-state index contributed by atoms with van der Waals surface area (Å²) in [4.78, 5) is 23.3. The lowest BCUT2D eigenvalue weighted by molar-refractivity contribution is -0.131. The number of urea groups is 1. The van der Waals surface area contributed by atoms with Gasteiger partial charge in [0.15, 0.2) is 0 Å². The molecule has 0 spiro atoms. The number of nitrogens with one attached hydrogen (secondary N) is 2. The van der Waals surface area contributed by atoms with Crippen molar-refractivity contribution in [1.29, 1.82) is 0 Å². The number of carbonyl (C=O) groups excluding carboxylic acids is 2. The van der Waals surface area contributed by atoms with Crippen LogP contribution in [0.4, 0.5) is 4.79 Å². The van der Waals surface area contributed by atoms with E-state index in [-0.39, 0.29) is 6.03 Å². The molecule has 1 aromatic rings. The Morgan fingerprint density at radius 1 is 1.24 bits per heavy atom. The quantitative estimate of drug-likeness (QED) is 0.520. The van der Waals surface area contributed by atoms with Crippen molar-refractivity contribution in [3.63, 3.8) is 0 Å². The fraction of sp³-hybridized carbons (Fsp3) is 0.167. The van der Waals surface area contributed by atoms with Gasteiger partial charge in [-0.15, -0.1) is 0 Å². The van der Waals surface area contributed by atoms with Crippen LogP contribution in [-0.4, -0.2) is 12.0 Å². The summed E-state index contributed by atoms with van der Waals surface area (Å²) >= 11 is 0. The number of esters is 1. The molecule has 3 rings (SSSR count). The summed E-state index contributed by atoms with van der Waals surface area (Å²) in [6, 6.07) is 6.47.